The second-order valence-electron chi connectivity index (χ2n) is 6.27. The Morgan fingerprint density at radius 3 is 2.89 bits per heavy atom. The molecule has 1 amide bonds. The van der Waals surface area contributed by atoms with Gasteiger partial charge in [0.1, 0.15) is 6.26 Å². The van der Waals surface area contributed by atoms with Crippen molar-refractivity contribution in [1.82, 2.24) is 14.8 Å². The van der Waals surface area contributed by atoms with Gasteiger partial charge in [-0.3, -0.25) is 9.48 Å². The van der Waals surface area contributed by atoms with E-state index in [-0.39, 0.29) is 11.7 Å². The Morgan fingerprint density at radius 1 is 1.30 bits per heavy atom. The SMILES string of the molecule is CCCCCCn1cc(-c2ccc(Cl)c(NC(=O)c3coc(N)n3)c2)cn1. The molecule has 2 heterocycles. The molecule has 0 radical (unpaired) electrons. The minimum absolute atomic E-state index is 0.0636. The van der Waals surface area contributed by atoms with Crippen LogP contribution < -0.4 is 11.1 Å². The van der Waals surface area contributed by atoms with Crippen LogP contribution >= 0.6 is 11.6 Å². The summed E-state index contributed by atoms with van der Waals surface area (Å²) in [4.78, 5) is 16.0. The molecule has 3 rings (SSSR count). The van der Waals surface area contributed by atoms with Crippen LogP contribution in [0.2, 0.25) is 5.02 Å². The number of anilines is 2. The molecule has 0 saturated heterocycles. The predicted molar refractivity (Wildman–Crippen MR) is 106 cm³/mol. The lowest BCUT2D eigenvalue weighted by Crippen LogP contribution is -2.12. The number of nitrogens with zero attached hydrogens (tertiary/aromatic N) is 3. The monoisotopic (exact) mass is 387 g/mol. The van der Waals surface area contributed by atoms with Gasteiger partial charge in [-0.25, -0.2) is 0 Å². The van der Waals surface area contributed by atoms with Gasteiger partial charge in [0.2, 0.25) is 0 Å². The smallest absolute Gasteiger partial charge is 0.292 e. The lowest BCUT2D eigenvalue weighted by molar-refractivity contribution is 0.102. The number of oxazole rings is 1. The van der Waals surface area contributed by atoms with E-state index < -0.39 is 5.91 Å². The van der Waals surface area contributed by atoms with Crippen molar-refractivity contribution in [2.24, 2.45) is 0 Å². The van der Waals surface area contributed by atoms with E-state index in [0.29, 0.717) is 10.7 Å². The van der Waals surface area contributed by atoms with Crippen LogP contribution in [0.25, 0.3) is 11.1 Å². The number of unbranched alkanes of at least 4 members (excludes halogenated alkanes) is 3. The Labute approximate surface area is 162 Å². The molecule has 0 atom stereocenters. The van der Waals surface area contributed by atoms with Crippen LogP contribution in [0.4, 0.5) is 11.7 Å². The Hall–Kier alpha value is -2.80. The highest BCUT2D eigenvalue weighted by Gasteiger charge is 2.14. The summed E-state index contributed by atoms with van der Waals surface area (Å²) in [6, 6.07) is 5.38. The Bertz CT molecular complexity index is 918. The number of nitrogens with one attached hydrogen (secondary N) is 1. The zero-order valence-electron chi connectivity index (χ0n) is 15.1. The standard InChI is InChI=1S/C19H22ClN5O2/c1-2-3-4-5-8-25-11-14(10-22-25)13-6-7-15(20)16(9-13)23-18(26)17-12-27-19(21)24-17/h6-7,9-12H,2-5,8H2,1H3,(H2,21,24)(H,23,26). The predicted octanol–water partition coefficient (Wildman–Crippen LogP) is 4.61. The van der Waals surface area contributed by atoms with Gasteiger partial charge in [0.05, 0.1) is 16.9 Å². The Morgan fingerprint density at radius 2 is 2.15 bits per heavy atom. The van der Waals surface area contributed by atoms with E-state index in [9.17, 15) is 4.79 Å². The molecule has 0 aliphatic rings. The van der Waals surface area contributed by atoms with E-state index in [1.807, 2.05) is 29.2 Å². The van der Waals surface area contributed by atoms with Gasteiger partial charge in [0.15, 0.2) is 5.69 Å². The molecule has 7 nitrogen and oxygen atoms in total. The van der Waals surface area contributed by atoms with Crippen LogP contribution in [0, 0.1) is 0 Å². The Kier molecular flexibility index (Phi) is 6.13. The number of nitrogens with two attached hydrogens (primary N) is 1. The highest BCUT2D eigenvalue weighted by Crippen LogP contribution is 2.29. The van der Waals surface area contributed by atoms with Gasteiger partial charge in [0.25, 0.3) is 11.9 Å². The van der Waals surface area contributed by atoms with Gasteiger partial charge >= 0.3 is 0 Å². The molecule has 2 aromatic heterocycles. The molecule has 3 N–H and O–H groups in total. The third-order valence-electron chi connectivity index (χ3n) is 4.18. The summed E-state index contributed by atoms with van der Waals surface area (Å²) in [5.74, 6) is -0.443. The molecule has 0 saturated carbocycles. The highest BCUT2D eigenvalue weighted by atomic mass is 35.5. The molecule has 0 unspecified atom stereocenters. The van der Waals surface area contributed by atoms with Crippen LogP contribution in [0.5, 0.6) is 0 Å². The second-order valence-corrected chi connectivity index (χ2v) is 6.68. The molecular weight excluding hydrogens is 366 g/mol. The van der Waals surface area contributed by atoms with Crippen LogP contribution in [-0.2, 0) is 6.54 Å². The van der Waals surface area contributed by atoms with Gasteiger partial charge in [-0.2, -0.15) is 10.1 Å². The van der Waals surface area contributed by atoms with E-state index in [2.05, 4.69) is 22.3 Å². The summed E-state index contributed by atoms with van der Waals surface area (Å²) in [6.07, 6.45) is 9.78. The Balaban J connectivity index is 1.71. The number of benzene rings is 1. The number of halogens is 1. The van der Waals surface area contributed by atoms with Crippen LogP contribution in [-0.4, -0.2) is 20.7 Å². The first-order valence-corrected chi connectivity index (χ1v) is 9.29. The van der Waals surface area contributed by atoms with Crippen LogP contribution in [0.1, 0.15) is 43.1 Å². The highest BCUT2D eigenvalue weighted by molar-refractivity contribution is 6.34. The molecule has 1 aromatic carbocycles. The maximum absolute atomic E-state index is 12.2. The third-order valence-corrected chi connectivity index (χ3v) is 4.51. The fourth-order valence-electron chi connectivity index (χ4n) is 2.71. The molecule has 27 heavy (non-hydrogen) atoms. The molecule has 0 aliphatic heterocycles. The largest absolute Gasteiger partial charge is 0.431 e. The van der Waals surface area contributed by atoms with Crippen molar-refractivity contribution in [1.29, 1.82) is 0 Å². The number of hydrogen-bond acceptors (Lipinski definition) is 5. The average Bonchev–Trinajstić information content (AvgIpc) is 3.30. The summed E-state index contributed by atoms with van der Waals surface area (Å²) >= 11 is 6.22. The molecule has 142 valence electrons. The summed E-state index contributed by atoms with van der Waals surface area (Å²) in [5, 5.41) is 7.57. The van der Waals surface area contributed by atoms with Crippen molar-refractivity contribution in [3.8, 4) is 11.1 Å². The molecule has 8 heteroatoms. The third kappa shape index (κ3) is 4.89. The quantitative estimate of drug-likeness (QED) is 0.550. The van der Waals surface area contributed by atoms with Gasteiger partial charge < -0.3 is 15.5 Å². The molecule has 0 bridgehead atoms. The lowest BCUT2D eigenvalue weighted by Gasteiger charge is -2.08. The van der Waals surface area contributed by atoms with Gasteiger partial charge in [-0.15, -0.1) is 0 Å². The maximum atomic E-state index is 12.2. The number of carbonyl (C=O) groups is 1. The van der Waals surface area contributed by atoms with Crippen molar-refractivity contribution >= 4 is 29.2 Å². The van der Waals surface area contributed by atoms with Gasteiger partial charge in [0, 0.05) is 18.3 Å². The number of aryl methyl sites for hydroxylation is 1. The normalized spacial score (nSPS) is 10.9. The fraction of sp³-hybridized carbons (Fsp3) is 0.316. The lowest BCUT2D eigenvalue weighted by atomic mass is 10.1. The summed E-state index contributed by atoms with van der Waals surface area (Å²) in [5.41, 5.74) is 7.85. The minimum Gasteiger partial charge on any atom is -0.431 e. The number of hydrogen-bond donors (Lipinski definition) is 2. The fourth-order valence-corrected chi connectivity index (χ4v) is 2.88. The number of amides is 1. The molecule has 0 spiro atoms. The molecule has 0 aliphatic carbocycles. The number of aromatic nitrogens is 3. The zero-order chi connectivity index (χ0) is 19.2. The van der Waals surface area contributed by atoms with E-state index in [4.69, 9.17) is 21.8 Å². The first-order chi connectivity index (χ1) is 13.1. The number of rotatable bonds is 8. The van der Waals surface area contributed by atoms with Gasteiger partial charge in [-0.1, -0.05) is 43.9 Å². The topological polar surface area (TPSA) is 99.0 Å². The first-order valence-electron chi connectivity index (χ1n) is 8.91. The van der Waals surface area contributed by atoms with Crippen molar-refractivity contribution < 1.29 is 9.21 Å². The summed E-state index contributed by atoms with van der Waals surface area (Å²) in [6.45, 7) is 3.09. The molecule has 3 aromatic rings. The van der Waals surface area contributed by atoms with Crippen molar-refractivity contribution in [2.45, 2.75) is 39.2 Å². The minimum atomic E-state index is -0.443. The van der Waals surface area contributed by atoms with E-state index in [1.165, 1.54) is 25.5 Å². The van der Waals surface area contributed by atoms with Crippen LogP contribution in [0.15, 0.2) is 41.3 Å². The number of nitrogen functional groups attached to an aromatic ring is 1. The average molecular weight is 388 g/mol. The van der Waals surface area contributed by atoms with E-state index in [0.717, 1.165) is 24.1 Å². The van der Waals surface area contributed by atoms with E-state index >= 15 is 0 Å². The zero-order valence-corrected chi connectivity index (χ0v) is 15.9. The van der Waals surface area contributed by atoms with E-state index in [1.54, 1.807) is 6.07 Å². The van der Waals surface area contributed by atoms with Crippen LogP contribution in [0.3, 0.4) is 0 Å². The second kappa shape index (κ2) is 8.73. The first kappa shape index (κ1) is 19.0. The maximum Gasteiger partial charge on any atom is 0.292 e. The van der Waals surface area contributed by atoms with Gasteiger partial charge in [-0.05, 0) is 24.1 Å². The molecule has 0 fully saturated rings. The summed E-state index contributed by atoms with van der Waals surface area (Å²) < 4.78 is 6.80. The van der Waals surface area contributed by atoms with Crippen molar-refractivity contribution in [3.63, 3.8) is 0 Å². The van der Waals surface area contributed by atoms with Crippen molar-refractivity contribution in [2.75, 3.05) is 11.1 Å². The molecular formula is C19H22ClN5O2. The summed E-state index contributed by atoms with van der Waals surface area (Å²) in [7, 11) is 0. The number of carbonyl (C=O) groups excluding carboxylic acids is 1. The van der Waals surface area contributed by atoms with Crippen molar-refractivity contribution in [3.05, 3.63) is 47.6 Å².